The second-order valence-corrected chi connectivity index (χ2v) is 16.9. The van der Waals surface area contributed by atoms with E-state index in [1.54, 1.807) is 0 Å². The van der Waals surface area contributed by atoms with Crippen molar-refractivity contribution in [1.29, 1.82) is 0 Å². The van der Waals surface area contributed by atoms with E-state index in [0.717, 1.165) is 79.4 Å². The summed E-state index contributed by atoms with van der Waals surface area (Å²) in [6, 6.07) is 66.6. The molecule has 2 heterocycles. The second kappa shape index (κ2) is 19.4. The average Bonchev–Trinajstić information content (AvgIpc) is 3.34. The number of unbranched alkanes of at least 4 members (excludes halogenated alkanes) is 6. The zero-order chi connectivity index (χ0) is 42.1. The number of hydrogen-bond donors (Lipinski definition) is 0. The molecule has 9 rings (SSSR count). The van der Waals surface area contributed by atoms with Crippen molar-refractivity contribution in [2.75, 3.05) is 0 Å². The van der Waals surface area contributed by atoms with Crippen molar-refractivity contribution in [2.45, 2.75) is 78.1 Å². The van der Waals surface area contributed by atoms with Crippen LogP contribution in [0.3, 0.4) is 0 Å². The number of aromatic nitrogens is 2. The Balaban J connectivity index is 1.21. The summed E-state index contributed by atoms with van der Waals surface area (Å²) in [7, 11) is 0. The molecule has 7 aromatic carbocycles. The molecule has 0 aliphatic carbocycles. The average molecular weight is 805 g/mol. The van der Waals surface area contributed by atoms with Crippen LogP contribution in [0.4, 0.5) is 0 Å². The molecule has 0 atom stereocenters. The van der Waals surface area contributed by atoms with Crippen LogP contribution in [0, 0.1) is 0 Å². The maximum atomic E-state index is 5.56. The Morgan fingerprint density at radius 3 is 1.02 bits per heavy atom. The number of nitrogens with zero attached hydrogens (tertiary/aromatic N) is 2. The van der Waals surface area contributed by atoms with Gasteiger partial charge in [0.15, 0.2) is 0 Å². The number of benzene rings is 7. The highest BCUT2D eigenvalue weighted by atomic mass is 14.8. The lowest BCUT2D eigenvalue weighted by Gasteiger charge is -2.16. The van der Waals surface area contributed by atoms with Crippen molar-refractivity contribution in [3.63, 3.8) is 0 Å². The van der Waals surface area contributed by atoms with Crippen molar-refractivity contribution in [2.24, 2.45) is 0 Å². The maximum absolute atomic E-state index is 5.56. The largest absolute Gasteiger partial charge is 0.245 e. The number of rotatable bonds is 16. The van der Waals surface area contributed by atoms with Crippen molar-refractivity contribution < 1.29 is 0 Å². The van der Waals surface area contributed by atoms with Crippen LogP contribution in [-0.4, -0.2) is 9.97 Å². The van der Waals surface area contributed by atoms with E-state index in [-0.39, 0.29) is 0 Å². The van der Waals surface area contributed by atoms with Crippen LogP contribution < -0.4 is 0 Å². The molecule has 0 saturated heterocycles. The van der Waals surface area contributed by atoms with Crippen molar-refractivity contribution in [3.8, 4) is 67.0 Å². The first kappa shape index (κ1) is 40.7. The molecule has 2 heteroatoms. The molecular formula is C60H56N2. The molecule has 0 amide bonds. The van der Waals surface area contributed by atoms with Crippen molar-refractivity contribution in [1.82, 2.24) is 9.97 Å². The van der Waals surface area contributed by atoms with Gasteiger partial charge in [0, 0.05) is 21.9 Å². The van der Waals surface area contributed by atoms with Crippen LogP contribution in [0.2, 0.25) is 0 Å². The summed E-state index contributed by atoms with van der Waals surface area (Å²) in [5, 5.41) is 2.19. The molecule has 2 aromatic heterocycles. The van der Waals surface area contributed by atoms with Crippen molar-refractivity contribution in [3.05, 3.63) is 193 Å². The Morgan fingerprint density at radius 1 is 0.306 bits per heavy atom. The van der Waals surface area contributed by atoms with Gasteiger partial charge in [0.05, 0.1) is 22.4 Å². The van der Waals surface area contributed by atoms with E-state index in [4.69, 9.17) is 9.97 Å². The Hall–Kier alpha value is -6.64. The number of hydrogen-bond acceptors (Lipinski definition) is 2. The highest BCUT2D eigenvalue weighted by Crippen LogP contribution is 2.40. The number of fused-ring (bicyclic) bond motifs is 3. The van der Waals surface area contributed by atoms with Gasteiger partial charge in [-0.05, 0) is 93.5 Å². The van der Waals surface area contributed by atoms with E-state index in [1.807, 2.05) is 0 Å². The molecule has 0 spiro atoms. The predicted molar refractivity (Wildman–Crippen MR) is 265 cm³/mol. The van der Waals surface area contributed by atoms with E-state index >= 15 is 0 Å². The molecule has 0 N–H and O–H groups in total. The van der Waals surface area contributed by atoms with Crippen LogP contribution in [0.15, 0.2) is 182 Å². The molecule has 9 aromatic rings. The topological polar surface area (TPSA) is 25.8 Å². The lowest BCUT2D eigenvalue weighted by atomic mass is 9.92. The first-order valence-electron chi connectivity index (χ1n) is 22.9. The quantitative estimate of drug-likeness (QED) is 0.0718. The smallest absolute Gasteiger partial charge is 0.0978 e. The van der Waals surface area contributed by atoms with Crippen molar-refractivity contribution >= 4 is 21.8 Å². The summed E-state index contributed by atoms with van der Waals surface area (Å²) >= 11 is 0. The highest BCUT2D eigenvalue weighted by Gasteiger charge is 2.18. The lowest BCUT2D eigenvalue weighted by Crippen LogP contribution is -1.96. The fraction of sp³-hybridized carbons (Fsp3) is 0.200. The summed E-state index contributed by atoms with van der Waals surface area (Å²) in [4.78, 5) is 11.1. The molecule has 0 aliphatic rings. The third kappa shape index (κ3) is 9.16. The Kier molecular flexibility index (Phi) is 12.7. The number of aryl methyl sites for hydroxylation is 2. The third-order valence-corrected chi connectivity index (χ3v) is 12.5. The molecule has 0 radical (unpaired) electrons. The van der Waals surface area contributed by atoms with Crippen LogP contribution in [0.5, 0.6) is 0 Å². The van der Waals surface area contributed by atoms with Crippen LogP contribution in [0.1, 0.15) is 76.3 Å². The minimum absolute atomic E-state index is 0.919. The summed E-state index contributed by atoms with van der Waals surface area (Å²) in [6.45, 7) is 4.54. The van der Waals surface area contributed by atoms with Gasteiger partial charge in [-0.1, -0.05) is 222 Å². The Morgan fingerprint density at radius 2 is 0.645 bits per heavy atom. The summed E-state index contributed by atoms with van der Waals surface area (Å²) < 4.78 is 0. The van der Waals surface area contributed by atoms with Crippen LogP contribution >= 0.6 is 0 Å². The summed E-state index contributed by atoms with van der Waals surface area (Å²) in [5.74, 6) is 0. The zero-order valence-corrected chi connectivity index (χ0v) is 36.3. The monoisotopic (exact) mass is 804 g/mol. The van der Waals surface area contributed by atoms with Gasteiger partial charge in [0.2, 0.25) is 0 Å². The minimum Gasteiger partial charge on any atom is -0.245 e. The van der Waals surface area contributed by atoms with Gasteiger partial charge in [-0.2, -0.15) is 0 Å². The third-order valence-electron chi connectivity index (χ3n) is 12.5. The van der Waals surface area contributed by atoms with Gasteiger partial charge >= 0.3 is 0 Å². The zero-order valence-electron chi connectivity index (χ0n) is 36.3. The minimum atomic E-state index is 0.919. The SMILES string of the molecule is CCCCCCc1ccc(-c2cc(-c3ccc(-c4ccccc4)cc3)c3ccc4c(-c5ccc(-c6ccccc6)cc5)cc(-c5ccc(CCCCCC)cc5)nc4c3n2)cc1. The van der Waals surface area contributed by atoms with Gasteiger partial charge in [-0.15, -0.1) is 0 Å². The molecule has 0 aliphatic heterocycles. The van der Waals surface area contributed by atoms with Crippen LogP contribution in [0.25, 0.3) is 88.8 Å². The molecule has 0 saturated carbocycles. The maximum Gasteiger partial charge on any atom is 0.0978 e. The molecule has 0 unspecified atom stereocenters. The molecule has 0 bridgehead atoms. The van der Waals surface area contributed by atoms with Crippen LogP contribution in [-0.2, 0) is 12.8 Å². The first-order valence-corrected chi connectivity index (χ1v) is 22.9. The van der Waals surface area contributed by atoms with E-state index in [0.29, 0.717) is 0 Å². The molecule has 306 valence electrons. The van der Waals surface area contributed by atoms with Gasteiger partial charge in [0.25, 0.3) is 0 Å². The fourth-order valence-electron chi connectivity index (χ4n) is 8.89. The highest BCUT2D eigenvalue weighted by molar-refractivity contribution is 6.13. The van der Waals surface area contributed by atoms with Gasteiger partial charge in [-0.25, -0.2) is 9.97 Å². The summed E-state index contributed by atoms with van der Waals surface area (Å²) in [5.41, 5.74) is 18.2. The molecule has 2 nitrogen and oxygen atoms in total. The second-order valence-electron chi connectivity index (χ2n) is 16.9. The summed E-state index contributed by atoms with van der Waals surface area (Å²) in [6.07, 6.45) is 12.3. The van der Waals surface area contributed by atoms with E-state index < -0.39 is 0 Å². The molecular weight excluding hydrogens is 749 g/mol. The lowest BCUT2D eigenvalue weighted by molar-refractivity contribution is 0.667. The molecule has 0 fully saturated rings. The van der Waals surface area contributed by atoms with Gasteiger partial charge in [0.1, 0.15) is 0 Å². The molecule has 62 heavy (non-hydrogen) atoms. The fourth-order valence-corrected chi connectivity index (χ4v) is 8.89. The number of pyridine rings is 2. The Labute approximate surface area is 368 Å². The van der Waals surface area contributed by atoms with E-state index in [2.05, 4.69) is 196 Å². The van der Waals surface area contributed by atoms with Gasteiger partial charge in [-0.3, -0.25) is 0 Å². The first-order chi connectivity index (χ1) is 30.6. The predicted octanol–water partition coefficient (Wildman–Crippen LogP) is 17.0. The van der Waals surface area contributed by atoms with Gasteiger partial charge < -0.3 is 0 Å². The standard InChI is InChI=1S/C60H56N2/c1-3-5-7-11-17-43-23-27-51(28-24-43)57-41-55(49-35-31-47(32-36-49)45-19-13-9-14-20-45)53-39-40-54-56(50-37-33-48(34-38-50)46-21-15-10-16-22-46)42-58(62-60(54)59(53)61-57)52-29-25-44(26-30-52)18-12-8-6-4-2/h9-10,13-16,19-42H,3-8,11-12,17-18H2,1-2H3. The van der Waals surface area contributed by atoms with E-state index in [1.165, 1.54) is 84.7 Å². The normalized spacial score (nSPS) is 11.4. The van der Waals surface area contributed by atoms with E-state index in [9.17, 15) is 0 Å². The Bertz CT molecular complexity index is 2660.